The summed E-state index contributed by atoms with van der Waals surface area (Å²) in [6.45, 7) is 2.84. The van der Waals surface area contributed by atoms with Gasteiger partial charge in [0.25, 0.3) is 0 Å². The van der Waals surface area contributed by atoms with Gasteiger partial charge in [-0.3, -0.25) is 4.79 Å². The third-order valence-corrected chi connectivity index (χ3v) is 6.38. The largest absolute Gasteiger partial charge is 0.401 e. The monoisotopic (exact) mass is 514 g/mol. The number of rotatable bonds is 8. The third-order valence-electron chi connectivity index (χ3n) is 6.38. The van der Waals surface area contributed by atoms with Crippen molar-refractivity contribution in [3.63, 3.8) is 0 Å². The summed E-state index contributed by atoms with van der Waals surface area (Å²) in [7, 11) is 0. The summed E-state index contributed by atoms with van der Waals surface area (Å²) in [5.74, 6) is -1.16. The number of anilines is 1. The van der Waals surface area contributed by atoms with E-state index >= 15 is 0 Å². The zero-order valence-corrected chi connectivity index (χ0v) is 19.7. The van der Waals surface area contributed by atoms with Crippen LogP contribution >= 0.6 is 0 Å². The van der Waals surface area contributed by atoms with Crippen LogP contribution in [0.15, 0.2) is 53.7 Å². The van der Waals surface area contributed by atoms with Crippen molar-refractivity contribution in [1.29, 1.82) is 0 Å². The Morgan fingerprint density at radius 2 is 1.89 bits per heavy atom. The molecule has 1 aromatic carbocycles. The van der Waals surface area contributed by atoms with Crippen LogP contribution < -0.4 is 5.32 Å². The van der Waals surface area contributed by atoms with Crippen LogP contribution in [0.5, 0.6) is 0 Å². The lowest BCUT2D eigenvalue weighted by Crippen LogP contribution is -2.28. The summed E-state index contributed by atoms with van der Waals surface area (Å²) in [4.78, 5) is 25.3. The van der Waals surface area contributed by atoms with E-state index in [9.17, 15) is 22.4 Å². The first-order valence-electron chi connectivity index (χ1n) is 11.6. The number of nitrogens with one attached hydrogen (secondary N) is 1. The quantitative estimate of drug-likeness (QED) is 0.338. The molecule has 37 heavy (non-hydrogen) atoms. The zero-order valence-electron chi connectivity index (χ0n) is 19.7. The van der Waals surface area contributed by atoms with Gasteiger partial charge in [0.1, 0.15) is 17.1 Å². The second-order valence-electron chi connectivity index (χ2n) is 8.95. The average molecular weight is 514 g/mol. The van der Waals surface area contributed by atoms with Crippen molar-refractivity contribution in [3.8, 4) is 11.1 Å². The molecule has 0 atom stereocenters. The maximum Gasteiger partial charge on any atom is 0.401 e. The molecule has 1 saturated carbocycles. The molecule has 192 valence electrons. The summed E-state index contributed by atoms with van der Waals surface area (Å²) in [5.41, 5.74) is 0.0590. The van der Waals surface area contributed by atoms with E-state index in [4.69, 9.17) is 4.52 Å². The van der Waals surface area contributed by atoms with E-state index in [1.54, 1.807) is 24.8 Å². The maximum atomic E-state index is 14.7. The van der Waals surface area contributed by atoms with Crippen LogP contribution in [0.2, 0.25) is 0 Å². The number of imidazole rings is 1. The van der Waals surface area contributed by atoms with Crippen molar-refractivity contribution in [3.05, 3.63) is 77.8 Å². The van der Waals surface area contributed by atoms with E-state index in [2.05, 4.69) is 25.4 Å². The summed E-state index contributed by atoms with van der Waals surface area (Å²) < 4.78 is 61.2. The number of carbonyl (C=O) groups excluding carboxylic acids is 1. The molecule has 12 heteroatoms. The van der Waals surface area contributed by atoms with Gasteiger partial charge in [0, 0.05) is 36.8 Å². The fraction of sp³-hybridized carbons (Fsp3) is 0.320. The predicted molar refractivity (Wildman–Crippen MR) is 124 cm³/mol. The molecule has 4 aromatic rings. The lowest BCUT2D eigenvalue weighted by Gasteiger charge is -2.14. The van der Waals surface area contributed by atoms with Gasteiger partial charge in [0.2, 0.25) is 5.91 Å². The first-order chi connectivity index (χ1) is 17.7. The average Bonchev–Trinajstić information content (AvgIpc) is 3.36. The highest BCUT2D eigenvalue weighted by Crippen LogP contribution is 2.59. The molecule has 0 aliphatic heterocycles. The number of nitrogens with zero attached hydrogens (tertiary/aromatic N) is 5. The Balaban J connectivity index is 1.21. The van der Waals surface area contributed by atoms with Gasteiger partial charge in [-0.15, -0.1) is 0 Å². The van der Waals surface area contributed by atoms with Crippen molar-refractivity contribution in [1.82, 2.24) is 24.7 Å². The zero-order chi connectivity index (χ0) is 26.2. The van der Waals surface area contributed by atoms with Gasteiger partial charge in [-0.25, -0.2) is 19.3 Å². The number of hydrogen-bond acceptors (Lipinski definition) is 6. The van der Waals surface area contributed by atoms with Crippen LogP contribution in [0.3, 0.4) is 0 Å². The normalized spacial score (nSPS) is 14.5. The smallest absolute Gasteiger partial charge is 0.358 e. The highest BCUT2D eigenvalue weighted by Gasteiger charge is 2.66. The number of aryl methyl sites for hydroxylation is 1. The maximum absolute atomic E-state index is 14.7. The van der Waals surface area contributed by atoms with E-state index in [1.165, 1.54) is 12.1 Å². The molecule has 3 aromatic heterocycles. The van der Waals surface area contributed by atoms with Crippen molar-refractivity contribution < 1.29 is 26.9 Å². The van der Waals surface area contributed by atoms with Crippen LogP contribution in [0.1, 0.15) is 42.6 Å². The van der Waals surface area contributed by atoms with Gasteiger partial charge in [0.05, 0.1) is 24.9 Å². The van der Waals surface area contributed by atoms with Gasteiger partial charge in [-0.05, 0) is 37.0 Å². The molecule has 1 N–H and O–H groups in total. The number of aromatic nitrogens is 5. The SMILES string of the molecule is CCn1cnc(Cc2ncc(-c3ccc(CC(=O)Nc4cc(C5(C(F)(F)F)CC5)on4)c(F)c3)cn2)c1. The second kappa shape index (κ2) is 9.41. The lowest BCUT2D eigenvalue weighted by atomic mass is 10.0. The molecule has 1 aliphatic rings. The molecule has 0 bridgehead atoms. The van der Waals surface area contributed by atoms with Gasteiger partial charge < -0.3 is 14.4 Å². The Morgan fingerprint density at radius 1 is 1.14 bits per heavy atom. The standard InChI is InChI=1S/C25H22F4N6O2/c1-2-35-13-18(32-14-35)9-21-30-11-17(12-31-21)15-3-4-16(19(26)7-15)8-23(36)33-22-10-20(37-34-22)24(5-6-24)25(27,28)29/h3-4,7,10-14H,2,5-6,8-9H2,1H3,(H,33,34,36). The summed E-state index contributed by atoms with van der Waals surface area (Å²) in [6, 6.07) is 5.45. The van der Waals surface area contributed by atoms with E-state index in [0.717, 1.165) is 18.3 Å². The van der Waals surface area contributed by atoms with Crippen molar-refractivity contribution in [2.45, 2.75) is 50.7 Å². The highest BCUT2D eigenvalue weighted by molar-refractivity contribution is 5.91. The summed E-state index contributed by atoms with van der Waals surface area (Å²) in [6.07, 6.45) is 2.36. The molecule has 8 nitrogen and oxygen atoms in total. The van der Waals surface area contributed by atoms with Gasteiger partial charge in [-0.2, -0.15) is 13.2 Å². The van der Waals surface area contributed by atoms with Crippen LogP contribution in [-0.4, -0.2) is 36.8 Å². The van der Waals surface area contributed by atoms with E-state index < -0.39 is 23.3 Å². The highest BCUT2D eigenvalue weighted by atomic mass is 19.4. The van der Waals surface area contributed by atoms with Gasteiger partial charge >= 0.3 is 6.18 Å². The second-order valence-corrected chi connectivity index (χ2v) is 8.95. The van der Waals surface area contributed by atoms with E-state index in [0.29, 0.717) is 23.4 Å². The topological polar surface area (TPSA) is 98.7 Å². The minimum Gasteiger partial charge on any atom is -0.358 e. The Kier molecular flexibility index (Phi) is 6.26. The first kappa shape index (κ1) is 24.6. The molecule has 3 heterocycles. The Labute approximate surface area is 208 Å². The summed E-state index contributed by atoms with van der Waals surface area (Å²) >= 11 is 0. The fourth-order valence-electron chi connectivity index (χ4n) is 4.01. The van der Waals surface area contributed by atoms with Crippen LogP contribution in [0.25, 0.3) is 11.1 Å². The number of halogens is 4. The lowest BCUT2D eigenvalue weighted by molar-refractivity contribution is -0.165. The van der Waals surface area contributed by atoms with Crippen LogP contribution in [0.4, 0.5) is 23.4 Å². The minimum atomic E-state index is -4.46. The van der Waals surface area contributed by atoms with Crippen LogP contribution in [-0.2, 0) is 29.6 Å². The number of alkyl halides is 3. The Bertz CT molecular complexity index is 1420. The first-order valence-corrected chi connectivity index (χ1v) is 11.6. The Morgan fingerprint density at radius 3 is 2.51 bits per heavy atom. The number of amides is 1. The van der Waals surface area contributed by atoms with E-state index in [-0.39, 0.29) is 36.4 Å². The summed E-state index contributed by atoms with van der Waals surface area (Å²) in [5, 5.41) is 5.88. The molecule has 1 amide bonds. The van der Waals surface area contributed by atoms with Gasteiger partial charge in [-0.1, -0.05) is 17.3 Å². The molecule has 0 saturated heterocycles. The number of benzene rings is 1. The molecular formula is C25H22F4N6O2. The minimum absolute atomic E-state index is 0.0885. The van der Waals surface area contributed by atoms with E-state index in [1.807, 2.05) is 17.7 Å². The third kappa shape index (κ3) is 5.09. The molecule has 5 rings (SSSR count). The van der Waals surface area contributed by atoms with Gasteiger partial charge in [0.15, 0.2) is 11.6 Å². The molecule has 0 unspecified atom stereocenters. The van der Waals surface area contributed by atoms with Crippen molar-refractivity contribution in [2.75, 3.05) is 5.32 Å². The Hall–Kier alpha value is -4.09. The molecule has 0 spiro atoms. The molecular weight excluding hydrogens is 492 g/mol. The van der Waals surface area contributed by atoms with Crippen LogP contribution in [0, 0.1) is 5.82 Å². The fourth-order valence-corrected chi connectivity index (χ4v) is 4.01. The number of carbonyl (C=O) groups is 1. The molecule has 0 radical (unpaired) electrons. The molecule has 1 aliphatic carbocycles. The van der Waals surface area contributed by atoms with Crippen molar-refractivity contribution in [2.24, 2.45) is 0 Å². The number of hydrogen-bond donors (Lipinski definition) is 1. The van der Waals surface area contributed by atoms with Crippen molar-refractivity contribution >= 4 is 11.7 Å². The predicted octanol–water partition coefficient (Wildman–Crippen LogP) is 4.85. The molecule has 1 fully saturated rings.